The van der Waals surface area contributed by atoms with Crippen LogP contribution in [0.25, 0.3) is 0 Å². The summed E-state index contributed by atoms with van der Waals surface area (Å²) in [6, 6.07) is 7.54. The Bertz CT molecular complexity index is 747. The van der Waals surface area contributed by atoms with Crippen LogP contribution in [0.5, 0.6) is 0 Å². The molecule has 3 rings (SSSR count). The first-order chi connectivity index (χ1) is 12.1. The summed E-state index contributed by atoms with van der Waals surface area (Å²) in [5.74, 6) is -1.12. The molecule has 0 unspecified atom stereocenters. The molecule has 1 fully saturated rings. The number of benzene rings is 1. The van der Waals surface area contributed by atoms with Gasteiger partial charge in [0.1, 0.15) is 5.82 Å². The Morgan fingerprint density at radius 1 is 1.36 bits per heavy atom. The van der Waals surface area contributed by atoms with Crippen LogP contribution in [0.1, 0.15) is 24.4 Å². The number of nitrogens with one attached hydrogen (secondary N) is 1. The van der Waals surface area contributed by atoms with Crippen LogP contribution >= 0.6 is 0 Å². The fourth-order valence-corrected chi connectivity index (χ4v) is 3.31. The van der Waals surface area contributed by atoms with Gasteiger partial charge in [-0.1, -0.05) is 18.2 Å². The summed E-state index contributed by atoms with van der Waals surface area (Å²) in [7, 11) is 1.63. The molecule has 1 aliphatic heterocycles. The fraction of sp³-hybridized carbons (Fsp3) is 0.389. The molecule has 1 aliphatic rings. The predicted octanol–water partition coefficient (Wildman–Crippen LogP) is 1.75. The fourth-order valence-electron chi connectivity index (χ4n) is 3.31. The largest absolute Gasteiger partial charge is 0.354 e. The third kappa shape index (κ3) is 3.70. The third-order valence-corrected chi connectivity index (χ3v) is 4.62. The molecule has 0 spiro atoms. The van der Waals surface area contributed by atoms with Crippen LogP contribution in [0.15, 0.2) is 42.7 Å². The van der Waals surface area contributed by atoms with E-state index in [-0.39, 0.29) is 11.8 Å². The first-order valence-electron chi connectivity index (χ1n) is 8.33. The molecular weight excluding hydrogens is 323 g/mol. The maximum absolute atomic E-state index is 14.3. The van der Waals surface area contributed by atoms with E-state index in [0.717, 1.165) is 0 Å². The van der Waals surface area contributed by atoms with E-state index in [1.807, 2.05) is 12.3 Å². The summed E-state index contributed by atoms with van der Waals surface area (Å²) in [6.07, 6.45) is 4.20. The number of carbonyl (C=O) groups excluding carboxylic acids is 2. The second-order valence-corrected chi connectivity index (χ2v) is 6.18. The van der Waals surface area contributed by atoms with E-state index in [2.05, 4.69) is 10.4 Å². The summed E-state index contributed by atoms with van der Waals surface area (Å²) < 4.78 is 16.0. The molecule has 0 radical (unpaired) electrons. The number of rotatable bonds is 5. The number of carbonyl (C=O) groups is 2. The zero-order chi connectivity index (χ0) is 17.8. The molecular formula is C18H21FN4O2. The average molecular weight is 344 g/mol. The SMILES string of the molecule is CN1C(=O)CC[C@@H](C(=O)NCCn2cccn2)[C@H]1c1ccccc1F. The number of nitrogens with zero attached hydrogens (tertiary/aromatic N) is 3. The van der Waals surface area contributed by atoms with Gasteiger partial charge in [-0.2, -0.15) is 5.10 Å². The molecule has 2 heterocycles. The van der Waals surface area contributed by atoms with Crippen LogP contribution in [0, 0.1) is 11.7 Å². The molecule has 2 amide bonds. The van der Waals surface area contributed by atoms with Crippen LogP contribution in [0.4, 0.5) is 4.39 Å². The Hall–Kier alpha value is -2.70. The molecule has 1 N–H and O–H groups in total. The normalized spacial score (nSPS) is 20.6. The summed E-state index contributed by atoms with van der Waals surface area (Å²) in [5, 5.41) is 6.97. The van der Waals surface area contributed by atoms with Crippen LogP contribution in [-0.2, 0) is 16.1 Å². The minimum atomic E-state index is -0.591. The van der Waals surface area contributed by atoms with Crippen molar-refractivity contribution in [2.75, 3.05) is 13.6 Å². The number of hydrogen-bond acceptors (Lipinski definition) is 3. The summed E-state index contributed by atoms with van der Waals surface area (Å²) in [4.78, 5) is 26.2. The van der Waals surface area contributed by atoms with E-state index >= 15 is 0 Å². The van der Waals surface area contributed by atoms with E-state index in [1.165, 1.54) is 11.0 Å². The van der Waals surface area contributed by atoms with Crippen LogP contribution in [0.2, 0.25) is 0 Å². The lowest BCUT2D eigenvalue weighted by atomic mass is 9.83. The lowest BCUT2D eigenvalue weighted by molar-refractivity contribution is -0.141. The van der Waals surface area contributed by atoms with Gasteiger partial charge in [-0.05, 0) is 18.6 Å². The Morgan fingerprint density at radius 2 is 2.16 bits per heavy atom. The van der Waals surface area contributed by atoms with Gasteiger partial charge in [0.15, 0.2) is 0 Å². The standard InChI is InChI=1S/C18H21FN4O2/c1-22-16(24)8-7-14(17(22)13-5-2-3-6-15(13)19)18(25)20-10-12-23-11-4-9-21-23/h2-6,9,11,14,17H,7-8,10,12H2,1H3,(H,20,25)/t14-,17-/m1/s1. The number of amides is 2. The van der Waals surface area contributed by atoms with Crippen molar-refractivity contribution in [3.05, 3.63) is 54.1 Å². The zero-order valence-electron chi connectivity index (χ0n) is 14.1. The molecule has 1 aromatic heterocycles. The number of aromatic nitrogens is 2. The molecule has 1 aromatic carbocycles. The smallest absolute Gasteiger partial charge is 0.225 e. The first-order valence-corrected chi connectivity index (χ1v) is 8.33. The van der Waals surface area contributed by atoms with Crippen molar-refractivity contribution < 1.29 is 14.0 Å². The van der Waals surface area contributed by atoms with Gasteiger partial charge in [0, 0.05) is 38.0 Å². The first kappa shape index (κ1) is 17.1. The monoisotopic (exact) mass is 344 g/mol. The molecule has 0 bridgehead atoms. The van der Waals surface area contributed by atoms with Gasteiger partial charge < -0.3 is 10.2 Å². The van der Waals surface area contributed by atoms with Crippen molar-refractivity contribution >= 4 is 11.8 Å². The molecule has 2 atom stereocenters. The quantitative estimate of drug-likeness (QED) is 0.899. The summed E-state index contributed by atoms with van der Waals surface area (Å²) in [5.41, 5.74) is 0.380. The van der Waals surface area contributed by atoms with Crippen LogP contribution < -0.4 is 5.32 Å². The second kappa shape index (κ2) is 7.46. The van der Waals surface area contributed by atoms with E-state index in [9.17, 15) is 14.0 Å². The molecule has 0 aliphatic carbocycles. The molecule has 132 valence electrons. The third-order valence-electron chi connectivity index (χ3n) is 4.62. The Labute approximate surface area is 145 Å². The zero-order valence-corrected chi connectivity index (χ0v) is 14.1. The molecule has 1 saturated heterocycles. The molecule has 25 heavy (non-hydrogen) atoms. The van der Waals surface area contributed by atoms with Crippen LogP contribution in [-0.4, -0.2) is 40.1 Å². The summed E-state index contributed by atoms with van der Waals surface area (Å²) >= 11 is 0. The topological polar surface area (TPSA) is 67.2 Å². The highest BCUT2D eigenvalue weighted by atomic mass is 19.1. The van der Waals surface area contributed by atoms with Gasteiger partial charge in [0.2, 0.25) is 11.8 Å². The number of halogens is 1. The highest BCUT2D eigenvalue weighted by molar-refractivity contribution is 5.84. The number of hydrogen-bond donors (Lipinski definition) is 1. The average Bonchev–Trinajstić information content (AvgIpc) is 3.11. The van der Waals surface area contributed by atoms with E-state index in [0.29, 0.717) is 31.5 Å². The lowest BCUT2D eigenvalue weighted by Crippen LogP contribution is -2.47. The Balaban J connectivity index is 1.74. The highest BCUT2D eigenvalue weighted by Gasteiger charge is 2.39. The predicted molar refractivity (Wildman–Crippen MR) is 89.9 cm³/mol. The molecule has 2 aromatic rings. The van der Waals surface area contributed by atoms with Crippen molar-refractivity contribution in [2.45, 2.75) is 25.4 Å². The van der Waals surface area contributed by atoms with Crippen molar-refractivity contribution in [1.29, 1.82) is 0 Å². The van der Waals surface area contributed by atoms with Gasteiger partial charge in [-0.25, -0.2) is 4.39 Å². The van der Waals surface area contributed by atoms with Crippen LogP contribution in [0.3, 0.4) is 0 Å². The Kier molecular flexibility index (Phi) is 5.11. The van der Waals surface area contributed by atoms with Gasteiger partial charge in [0.25, 0.3) is 0 Å². The number of likely N-dealkylation sites (tertiary alicyclic amines) is 1. The minimum absolute atomic E-state index is 0.0751. The minimum Gasteiger partial charge on any atom is -0.354 e. The van der Waals surface area contributed by atoms with E-state index in [1.54, 1.807) is 36.1 Å². The molecule has 0 saturated carbocycles. The molecule has 6 nitrogen and oxygen atoms in total. The van der Waals surface area contributed by atoms with Gasteiger partial charge in [0.05, 0.1) is 18.5 Å². The molecule has 7 heteroatoms. The van der Waals surface area contributed by atoms with Gasteiger partial charge in [-0.15, -0.1) is 0 Å². The Morgan fingerprint density at radius 3 is 2.88 bits per heavy atom. The maximum Gasteiger partial charge on any atom is 0.225 e. The van der Waals surface area contributed by atoms with E-state index in [4.69, 9.17) is 0 Å². The second-order valence-electron chi connectivity index (χ2n) is 6.18. The van der Waals surface area contributed by atoms with Gasteiger partial charge >= 0.3 is 0 Å². The number of piperidine rings is 1. The van der Waals surface area contributed by atoms with Crippen molar-refractivity contribution in [2.24, 2.45) is 5.92 Å². The van der Waals surface area contributed by atoms with Crippen molar-refractivity contribution in [1.82, 2.24) is 20.0 Å². The van der Waals surface area contributed by atoms with Gasteiger partial charge in [-0.3, -0.25) is 14.3 Å². The van der Waals surface area contributed by atoms with Crippen molar-refractivity contribution in [3.63, 3.8) is 0 Å². The summed E-state index contributed by atoms with van der Waals surface area (Å²) in [6.45, 7) is 0.989. The highest BCUT2D eigenvalue weighted by Crippen LogP contribution is 2.36. The lowest BCUT2D eigenvalue weighted by Gasteiger charge is -2.38. The van der Waals surface area contributed by atoms with Crippen molar-refractivity contribution in [3.8, 4) is 0 Å². The maximum atomic E-state index is 14.3. The van der Waals surface area contributed by atoms with E-state index < -0.39 is 17.8 Å².